The number of piperidine rings is 1. The van der Waals surface area contributed by atoms with E-state index in [2.05, 4.69) is 26.0 Å². The number of aromatic nitrogens is 2. The Bertz CT molecular complexity index is 696. The first kappa shape index (κ1) is 17.7. The Kier molecular flexibility index (Phi) is 4.45. The summed E-state index contributed by atoms with van der Waals surface area (Å²) < 4.78 is 54.5. The molecule has 0 spiro atoms. The van der Waals surface area contributed by atoms with E-state index in [4.69, 9.17) is 5.73 Å². The SMILES string of the molecule is CNC1=C(C(F)(F)F)C=NC(N)(c2cnn([C@@H]3CCNC[C@H]3F)c2)N1. The standard InChI is InChI=1S/C14H19F4N7/c1-20-12-9(13(16,17)18)5-22-14(19,24-12)8-4-23-25(7-8)11-2-3-21-6-10(11)15/h4-5,7,10-11,20-21,24H,2-3,6,19H2,1H3/t10-,11-,14?/m1/s1. The minimum absolute atomic E-state index is 0.228. The average Bonchev–Trinajstić information content (AvgIpc) is 3.04. The van der Waals surface area contributed by atoms with E-state index in [1.54, 1.807) is 0 Å². The van der Waals surface area contributed by atoms with Crippen molar-refractivity contribution in [1.29, 1.82) is 0 Å². The van der Waals surface area contributed by atoms with Gasteiger partial charge in [0.05, 0.1) is 17.8 Å². The van der Waals surface area contributed by atoms with Crippen molar-refractivity contribution in [1.82, 2.24) is 25.7 Å². The van der Waals surface area contributed by atoms with Crippen LogP contribution in [-0.2, 0) is 5.79 Å². The highest BCUT2D eigenvalue weighted by Gasteiger charge is 2.41. The van der Waals surface area contributed by atoms with Crippen molar-refractivity contribution in [2.45, 2.75) is 30.6 Å². The van der Waals surface area contributed by atoms with Crippen LogP contribution in [0.2, 0.25) is 0 Å². The second-order valence-electron chi connectivity index (χ2n) is 5.97. The third-order valence-electron chi connectivity index (χ3n) is 4.29. The zero-order chi connectivity index (χ0) is 18.2. The molecule has 1 fully saturated rings. The molecule has 1 aromatic rings. The van der Waals surface area contributed by atoms with Crippen LogP contribution in [0.1, 0.15) is 18.0 Å². The smallest absolute Gasteiger partial charge is 0.374 e. The second kappa shape index (κ2) is 6.30. The van der Waals surface area contributed by atoms with Gasteiger partial charge in [-0.25, -0.2) is 9.38 Å². The molecule has 0 bridgehead atoms. The Morgan fingerprint density at radius 1 is 1.44 bits per heavy atom. The van der Waals surface area contributed by atoms with Gasteiger partial charge in [-0.05, 0) is 13.0 Å². The lowest BCUT2D eigenvalue weighted by Gasteiger charge is -2.32. The lowest BCUT2D eigenvalue weighted by Crippen LogP contribution is -2.53. The first-order chi connectivity index (χ1) is 11.7. The Morgan fingerprint density at radius 2 is 2.20 bits per heavy atom. The summed E-state index contributed by atoms with van der Waals surface area (Å²) in [5.74, 6) is -1.91. The van der Waals surface area contributed by atoms with Crippen molar-refractivity contribution in [2.75, 3.05) is 20.1 Å². The molecule has 11 heteroatoms. The van der Waals surface area contributed by atoms with Crippen LogP contribution in [-0.4, -0.2) is 48.5 Å². The molecule has 1 unspecified atom stereocenters. The highest BCUT2D eigenvalue weighted by atomic mass is 19.4. The summed E-state index contributed by atoms with van der Waals surface area (Å²) in [6.45, 7) is 0.887. The lowest BCUT2D eigenvalue weighted by molar-refractivity contribution is -0.0875. The third kappa shape index (κ3) is 3.33. The van der Waals surface area contributed by atoms with Gasteiger partial charge >= 0.3 is 6.18 Å². The van der Waals surface area contributed by atoms with Crippen molar-refractivity contribution in [3.63, 3.8) is 0 Å². The van der Waals surface area contributed by atoms with Crippen molar-refractivity contribution in [3.05, 3.63) is 29.4 Å². The van der Waals surface area contributed by atoms with Gasteiger partial charge in [-0.2, -0.15) is 18.3 Å². The molecule has 5 N–H and O–H groups in total. The molecule has 3 atom stereocenters. The molecule has 138 valence electrons. The van der Waals surface area contributed by atoms with Gasteiger partial charge in [0.2, 0.25) is 5.79 Å². The Balaban J connectivity index is 1.86. The van der Waals surface area contributed by atoms with E-state index >= 15 is 0 Å². The van der Waals surface area contributed by atoms with Gasteiger partial charge in [-0.15, -0.1) is 0 Å². The summed E-state index contributed by atoms with van der Waals surface area (Å²) in [6.07, 6.45) is -1.55. The van der Waals surface area contributed by atoms with Gasteiger partial charge in [0, 0.05) is 26.0 Å². The molecular formula is C14H19F4N7. The van der Waals surface area contributed by atoms with E-state index in [-0.39, 0.29) is 12.4 Å². The molecular weight excluding hydrogens is 342 g/mol. The number of nitrogens with zero attached hydrogens (tertiary/aromatic N) is 3. The Hall–Kier alpha value is -2.14. The predicted octanol–water partition coefficient (Wildman–Crippen LogP) is 0.492. The fourth-order valence-corrected chi connectivity index (χ4v) is 2.90. The zero-order valence-electron chi connectivity index (χ0n) is 13.4. The largest absolute Gasteiger partial charge is 0.421 e. The van der Waals surface area contributed by atoms with Crippen molar-refractivity contribution in [2.24, 2.45) is 10.7 Å². The van der Waals surface area contributed by atoms with Crippen LogP contribution in [0.5, 0.6) is 0 Å². The molecule has 2 aliphatic heterocycles. The fourth-order valence-electron chi connectivity index (χ4n) is 2.90. The van der Waals surface area contributed by atoms with E-state index in [0.29, 0.717) is 24.7 Å². The number of allylic oxidation sites excluding steroid dienone is 1. The van der Waals surface area contributed by atoms with E-state index in [1.807, 2.05) is 0 Å². The topological polar surface area (TPSA) is 92.3 Å². The molecule has 3 heterocycles. The molecule has 1 saturated heterocycles. The molecule has 3 rings (SSSR count). The van der Waals surface area contributed by atoms with E-state index < -0.39 is 29.7 Å². The molecule has 0 radical (unpaired) electrons. The summed E-state index contributed by atoms with van der Waals surface area (Å²) >= 11 is 0. The van der Waals surface area contributed by atoms with Crippen LogP contribution in [0.3, 0.4) is 0 Å². The molecule has 0 saturated carbocycles. The van der Waals surface area contributed by atoms with Gasteiger partial charge in [0.15, 0.2) is 0 Å². The first-order valence-corrected chi connectivity index (χ1v) is 7.75. The van der Waals surface area contributed by atoms with Crippen LogP contribution in [0, 0.1) is 0 Å². The van der Waals surface area contributed by atoms with Gasteiger partial charge in [0.25, 0.3) is 0 Å². The number of nitrogens with two attached hydrogens (primary N) is 1. The highest BCUT2D eigenvalue weighted by Crippen LogP contribution is 2.31. The van der Waals surface area contributed by atoms with Crippen molar-refractivity contribution >= 4 is 6.21 Å². The van der Waals surface area contributed by atoms with Crippen LogP contribution in [0.4, 0.5) is 17.6 Å². The van der Waals surface area contributed by atoms with Gasteiger partial charge in [-0.3, -0.25) is 10.4 Å². The summed E-state index contributed by atoms with van der Waals surface area (Å²) in [5, 5.41) is 12.1. The number of nitrogens with one attached hydrogen (secondary N) is 3. The zero-order valence-corrected chi connectivity index (χ0v) is 13.4. The molecule has 1 aromatic heterocycles. The molecule has 0 aliphatic carbocycles. The van der Waals surface area contributed by atoms with Gasteiger partial charge < -0.3 is 16.0 Å². The average molecular weight is 361 g/mol. The molecule has 0 aromatic carbocycles. The normalized spacial score (nSPS) is 30.3. The third-order valence-corrected chi connectivity index (χ3v) is 4.29. The summed E-state index contributed by atoms with van der Waals surface area (Å²) in [5.41, 5.74) is 5.50. The van der Waals surface area contributed by atoms with Gasteiger partial charge in [0.1, 0.15) is 17.6 Å². The van der Waals surface area contributed by atoms with E-state index in [1.165, 1.54) is 24.1 Å². The first-order valence-electron chi connectivity index (χ1n) is 7.75. The maximum absolute atomic E-state index is 14.0. The lowest BCUT2D eigenvalue weighted by atomic mass is 10.1. The van der Waals surface area contributed by atoms with E-state index in [9.17, 15) is 17.6 Å². The van der Waals surface area contributed by atoms with Gasteiger partial charge in [-0.1, -0.05) is 0 Å². The van der Waals surface area contributed by atoms with Crippen LogP contribution >= 0.6 is 0 Å². The fraction of sp³-hybridized carbons (Fsp3) is 0.571. The number of hydrogen-bond acceptors (Lipinski definition) is 6. The second-order valence-corrected chi connectivity index (χ2v) is 5.97. The summed E-state index contributed by atoms with van der Waals surface area (Å²) in [7, 11) is 1.35. The number of hydrogen-bond donors (Lipinski definition) is 4. The summed E-state index contributed by atoms with van der Waals surface area (Å²) in [6, 6.07) is -0.448. The number of aliphatic imine (C=N–C) groups is 1. The molecule has 25 heavy (non-hydrogen) atoms. The van der Waals surface area contributed by atoms with Crippen molar-refractivity contribution in [3.8, 4) is 0 Å². The van der Waals surface area contributed by atoms with Crippen LogP contribution in [0.25, 0.3) is 0 Å². The number of rotatable bonds is 3. The molecule has 2 aliphatic rings. The highest BCUT2D eigenvalue weighted by molar-refractivity contribution is 5.82. The van der Waals surface area contributed by atoms with E-state index in [0.717, 1.165) is 0 Å². The monoisotopic (exact) mass is 361 g/mol. The summed E-state index contributed by atoms with van der Waals surface area (Å²) in [4.78, 5) is 3.82. The number of halogens is 4. The number of alkyl halides is 4. The minimum atomic E-state index is -4.57. The Morgan fingerprint density at radius 3 is 2.84 bits per heavy atom. The van der Waals surface area contributed by atoms with Crippen molar-refractivity contribution < 1.29 is 17.6 Å². The quantitative estimate of drug-likeness (QED) is 0.588. The minimum Gasteiger partial charge on any atom is -0.374 e. The molecule has 7 nitrogen and oxygen atoms in total. The maximum atomic E-state index is 14.0. The predicted molar refractivity (Wildman–Crippen MR) is 83.3 cm³/mol. The molecule has 0 amide bonds. The maximum Gasteiger partial charge on any atom is 0.421 e. The van der Waals surface area contributed by atoms with Crippen LogP contribution in [0.15, 0.2) is 28.8 Å². The van der Waals surface area contributed by atoms with Crippen LogP contribution < -0.4 is 21.7 Å². The Labute approximate surface area is 141 Å².